The molecule has 1 aromatic heterocycles. The molecule has 1 unspecified atom stereocenters. The number of likely N-dealkylation sites (N-methyl/N-ethyl adjacent to an activating group) is 1. The van der Waals surface area contributed by atoms with Gasteiger partial charge in [-0.15, -0.1) is 0 Å². The normalized spacial score (nSPS) is 20.8. The van der Waals surface area contributed by atoms with Gasteiger partial charge in [-0.2, -0.15) is 0 Å². The number of nitrogens with zero attached hydrogens (tertiary/aromatic N) is 2. The maximum absolute atomic E-state index is 13.5. The highest BCUT2D eigenvalue weighted by Gasteiger charge is 2.44. The number of aromatic nitrogens is 1. The molecule has 3 rings (SSSR count). The van der Waals surface area contributed by atoms with Gasteiger partial charge in [0.2, 0.25) is 5.91 Å². The van der Waals surface area contributed by atoms with E-state index < -0.39 is 5.54 Å². The molecule has 5 nitrogen and oxygen atoms in total. The topological polar surface area (TPSA) is 57.3 Å². The van der Waals surface area contributed by atoms with Crippen molar-refractivity contribution in [3.63, 3.8) is 0 Å². The minimum absolute atomic E-state index is 0.0877. The molecular formula is C18H21FN4O. The largest absolute Gasteiger partial charge is 0.370 e. The second-order valence-corrected chi connectivity index (χ2v) is 6.08. The smallest absolute Gasteiger partial charge is 0.246 e. The fraction of sp³-hybridized carbons (Fsp3) is 0.333. The number of likely N-dealkylation sites (tertiary alicyclic amines) is 1. The van der Waals surface area contributed by atoms with Gasteiger partial charge in [0.05, 0.1) is 5.69 Å². The number of benzene rings is 1. The number of hydrogen-bond donors (Lipinski definition) is 2. The average molecular weight is 328 g/mol. The number of nitrogens with one attached hydrogen (secondary N) is 2. The highest BCUT2D eigenvalue weighted by molar-refractivity contribution is 5.90. The zero-order valence-corrected chi connectivity index (χ0v) is 13.6. The first-order valence-corrected chi connectivity index (χ1v) is 7.99. The van der Waals surface area contributed by atoms with Crippen molar-refractivity contribution in [2.75, 3.05) is 25.5 Å². The molecule has 1 aromatic carbocycles. The lowest BCUT2D eigenvalue weighted by molar-refractivity contribution is -0.124. The predicted octanol–water partition coefficient (Wildman–Crippen LogP) is 2.02. The van der Waals surface area contributed by atoms with Crippen molar-refractivity contribution in [3.8, 4) is 0 Å². The van der Waals surface area contributed by atoms with Gasteiger partial charge >= 0.3 is 0 Å². The molecule has 0 saturated carbocycles. The first kappa shape index (κ1) is 16.4. The zero-order valence-electron chi connectivity index (χ0n) is 13.6. The molecule has 2 N–H and O–H groups in total. The predicted molar refractivity (Wildman–Crippen MR) is 91.0 cm³/mol. The third-order valence-corrected chi connectivity index (χ3v) is 4.33. The Labute approximate surface area is 140 Å². The second-order valence-electron chi connectivity index (χ2n) is 6.08. The Bertz CT molecular complexity index is 709. The summed E-state index contributed by atoms with van der Waals surface area (Å²) in [6.45, 7) is 2.00. The van der Waals surface area contributed by atoms with E-state index in [-0.39, 0.29) is 11.7 Å². The van der Waals surface area contributed by atoms with Crippen LogP contribution in [0.2, 0.25) is 0 Å². The van der Waals surface area contributed by atoms with Crippen LogP contribution in [-0.4, -0.2) is 41.5 Å². The molecule has 1 aliphatic heterocycles. The van der Waals surface area contributed by atoms with Crippen LogP contribution in [0.15, 0.2) is 48.7 Å². The highest BCUT2D eigenvalue weighted by atomic mass is 19.1. The van der Waals surface area contributed by atoms with E-state index in [1.165, 1.54) is 12.1 Å². The molecule has 2 heterocycles. The van der Waals surface area contributed by atoms with Crippen LogP contribution in [0.1, 0.15) is 12.1 Å². The lowest BCUT2D eigenvalue weighted by Crippen LogP contribution is -2.53. The van der Waals surface area contributed by atoms with Crippen LogP contribution in [0.5, 0.6) is 0 Å². The molecule has 24 heavy (non-hydrogen) atoms. The Morgan fingerprint density at radius 2 is 2.21 bits per heavy atom. The first-order valence-electron chi connectivity index (χ1n) is 7.99. The van der Waals surface area contributed by atoms with Gasteiger partial charge in [-0.25, -0.2) is 4.39 Å². The Kier molecular flexibility index (Phi) is 4.76. The maximum atomic E-state index is 13.5. The van der Waals surface area contributed by atoms with E-state index in [0.29, 0.717) is 25.2 Å². The van der Waals surface area contributed by atoms with Gasteiger partial charge in [-0.05, 0) is 36.8 Å². The summed E-state index contributed by atoms with van der Waals surface area (Å²) in [5, 5.41) is 5.98. The number of carbonyl (C=O) groups is 1. The lowest BCUT2D eigenvalue weighted by Gasteiger charge is -2.30. The number of halogens is 1. The molecule has 0 bridgehead atoms. The Morgan fingerprint density at radius 1 is 1.33 bits per heavy atom. The fourth-order valence-corrected chi connectivity index (χ4v) is 3.17. The van der Waals surface area contributed by atoms with Crippen molar-refractivity contribution in [1.29, 1.82) is 0 Å². The van der Waals surface area contributed by atoms with E-state index in [1.807, 2.05) is 18.2 Å². The summed E-state index contributed by atoms with van der Waals surface area (Å²) < 4.78 is 13.5. The van der Waals surface area contributed by atoms with Crippen LogP contribution < -0.4 is 10.6 Å². The van der Waals surface area contributed by atoms with Gasteiger partial charge in [-0.3, -0.25) is 14.7 Å². The standard InChI is InChI=1S/C18H21FN4O/c1-20-17(24)18(22-15-7-4-5-14(19)11-15)8-10-23(13-18)12-16-6-2-3-9-21-16/h2-7,9,11,22H,8,10,12-13H2,1H3,(H,20,24). The number of pyridine rings is 1. The third-order valence-electron chi connectivity index (χ3n) is 4.33. The number of rotatable bonds is 5. The van der Waals surface area contributed by atoms with Crippen LogP contribution in [0.4, 0.5) is 10.1 Å². The monoisotopic (exact) mass is 328 g/mol. The molecule has 0 aliphatic carbocycles. The van der Waals surface area contributed by atoms with Gasteiger partial charge < -0.3 is 10.6 Å². The summed E-state index contributed by atoms with van der Waals surface area (Å²) >= 11 is 0. The Hall–Kier alpha value is -2.47. The van der Waals surface area contributed by atoms with Gasteiger partial charge in [0.25, 0.3) is 0 Å². The number of hydrogen-bond acceptors (Lipinski definition) is 4. The van der Waals surface area contributed by atoms with E-state index >= 15 is 0 Å². The highest BCUT2D eigenvalue weighted by Crippen LogP contribution is 2.28. The molecule has 0 radical (unpaired) electrons. The van der Waals surface area contributed by atoms with Crippen molar-refractivity contribution in [2.45, 2.75) is 18.5 Å². The van der Waals surface area contributed by atoms with Crippen LogP contribution >= 0.6 is 0 Å². The second kappa shape index (κ2) is 6.97. The molecule has 1 aliphatic rings. The quantitative estimate of drug-likeness (QED) is 0.882. The van der Waals surface area contributed by atoms with Crippen LogP contribution in [-0.2, 0) is 11.3 Å². The minimum Gasteiger partial charge on any atom is -0.370 e. The molecule has 1 amide bonds. The lowest BCUT2D eigenvalue weighted by atomic mass is 9.96. The molecule has 1 atom stereocenters. The molecule has 1 saturated heterocycles. The van der Waals surface area contributed by atoms with Crippen molar-refractivity contribution < 1.29 is 9.18 Å². The van der Waals surface area contributed by atoms with Gasteiger partial charge in [-0.1, -0.05) is 12.1 Å². The SMILES string of the molecule is CNC(=O)C1(Nc2cccc(F)c2)CCN(Cc2ccccn2)C1. The van der Waals surface area contributed by atoms with Crippen molar-refractivity contribution >= 4 is 11.6 Å². The van der Waals surface area contributed by atoms with Gasteiger partial charge in [0, 0.05) is 38.6 Å². The number of carbonyl (C=O) groups excluding carboxylic acids is 1. The van der Waals surface area contributed by atoms with Gasteiger partial charge in [0.15, 0.2) is 0 Å². The summed E-state index contributed by atoms with van der Waals surface area (Å²) in [5.41, 5.74) is 0.811. The number of amides is 1. The van der Waals surface area contributed by atoms with E-state index in [1.54, 1.807) is 25.4 Å². The average Bonchev–Trinajstić information content (AvgIpc) is 2.99. The third kappa shape index (κ3) is 3.54. The molecule has 0 spiro atoms. The summed E-state index contributed by atoms with van der Waals surface area (Å²) in [5.74, 6) is -0.411. The summed E-state index contributed by atoms with van der Waals surface area (Å²) in [4.78, 5) is 19.0. The summed E-state index contributed by atoms with van der Waals surface area (Å²) in [6, 6.07) is 12.0. The van der Waals surface area contributed by atoms with Crippen molar-refractivity contribution in [2.24, 2.45) is 0 Å². The Balaban J connectivity index is 1.76. The molecule has 1 fully saturated rings. The summed E-state index contributed by atoms with van der Waals surface area (Å²) in [6.07, 6.45) is 2.42. The molecular weight excluding hydrogens is 307 g/mol. The first-order chi connectivity index (χ1) is 11.6. The zero-order chi connectivity index (χ0) is 17.0. The van der Waals surface area contributed by atoms with Crippen LogP contribution in [0.25, 0.3) is 0 Å². The maximum Gasteiger partial charge on any atom is 0.246 e. The molecule has 6 heteroatoms. The number of anilines is 1. The van der Waals surface area contributed by atoms with Gasteiger partial charge in [0.1, 0.15) is 11.4 Å². The van der Waals surface area contributed by atoms with Crippen molar-refractivity contribution in [1.82, 2.24) is 15.2 Å². The van der Waals surface area contributed by atoms with Crippen LogP contribution in [0.3, 0.4) is 0 Å². The van der Waals surface area contributed by atoms with E-state index in [4.69, 9.17) is 0 Å². The molecule has 126 valence electrons. The van der Waals surface area contributed by atoms with E-state index in [0.717, 1.165) is 12.2 Å². The summed E-state index contributed by atoms with van der Waals surface area (Å²) in [7, 11) is 1.62. The van der Waals surface area contributed by atoms with Crippen molar-refractivity contribution in [3.05, 3.63) is 60.2 Å². The minimum atomic E-state index is -0.767. The Morgan fingerprint density at radius 3 is 2.92 bits per heavy atom. The van der Waals surface area contributed by atoms with E-state index in [2.05, 4.69) is 20.5 Å². The fourth-order valence-electron chi connectivity index (χ4n) is 3.17. The van der Waals surface area contributed by atoms with E-state index in [9.17, 15) is 9.18 Å². The van der Waals surface area contributed by atoms with Crippen LogP contribution in [0, 0.1) is 5.82 Å². The molecule has 2 aromatic rings.